The first-order chi connectivity index (χ1) is 17.1. The number of halogens is 3. The molecule has 4 rings (SSSR count). The average Bonchev–Trinajstić information content (AvgIpc) is 3.19. The van der Waals surface area contributed by atoms with E-state index in [1.807, 2.05) is 36.4 Å². The van der Waals surface area contributed by atoms with Crippen molar-refractivity contribution in [2.45, 2.75) is 24.9 Å². The molecule has 0 radical (unpaired) electrons. The maximum atomic E-state index is 12.7. The molecule has 0 atom stereocenters. The maximum absolute atomic E-state index is 12.7. The first-order valence-corrected chi connectivity index (χ1v) is 12.3. The van der Waals surface area contributed by atoms with Crippen LogP contribution in [0.4, 0.5) is 13.2 Å². The van der Waals surface area contributed by atoms with Crippen molar-refractivity contribution in [2.24, 2.45) is 0 Å². The minimum Gasteiger partial charge on any atom is -0.323 e. The van der Waals surface area contributed by atoms with Crippen molar-refractivity contribution in [2.75, 3.05) is 0 Å². The van der Waals surface area contributed by atoms with Crippen LogP contribution < -0.4 is 4.72 Å². The molecule has 36 heavy (non-hydrogen) atoms. The molecule has 6 nitrogen and oxygen atoms in total. The second-order valence-corrected chi connectivity index (χ2v) is 9.60. The second kappa shape index (κ2) is 9.87. The van der Waals surface area contributed by atoms with Gasteiger partial charge in [-0.3, -0.25) is 4.79 Å². The summed E-state index contributed by atoms with van der Waals surface area (Å²) in [5, 5.41) is 0. The Morgan fingerprint density at radius 2 is 1.67 bits per heavy atom. The van der Waals surface area contributed by atoms with E-state index in [0.717, 1.165) is 27.1 Å². The normalized spacial score (nSPS) is 11.8. The number of terminal acetylenes is 1. The molecule has 0 fully saturated rings. The van der Waals surface area contributed by atoms with Crippen molar-refractivity contribution in [1.82, 2.24) is 14.3 Å². The minimum atomic E-state index is -5.83. The van der Waals surface area contributed by atoms with Crippen LogP contribution in [0, 0.1) is 12.3 Å². The van der Waals surface area contributed by atoms with Crippen LogP contribution in [0.15, 0.2) is 72.8 Å². The van der Waals surface area contributed by atoms with Gasteiger partial charge in [0.15, 0.2) is 0 Å². The minimum absolute atomic E-state index is 0.199. The van der Waals surface area contributed by atoms with Crippen LogP contribution in [0.5, 0.6) is 0 Å². The van der Waals surface area contributed by atoms with Crippen molar-refractivity contribution in [1.29, 1.82) is 0 Å². The summed E-state index contributed by atoms with van der Waals surface area (Å²) in [6.45, 7) is 0.507. The summed E-state index contributed by atoms with van der Waals surface area (Å²) in [5.41, 5.74) is -2.23. The van der Waals surface area contributed by atoms with Gasteiger partial charge in [-0.2, -0.15) is 21.6 Å². The highest BCUT2D eigenvalue weighted by molar-refractivity contribution is 7.90. The van der Waals surface area contributed by atoms with Crippen LogP contribution in [0.25, 0.3) is 22.2 Å². The van der Waals surface area contributed by atoms with Gasteiger partial charge in [0.1, 0.15) is 5.82 Å². The second-order valence-electron chi connectivity index (χ2n) is 7.93. The van der Waals surface area contributed by atoms with Crippen molar-refractivity contribution < 1.29 is 26.4 Å². The van der Waals surface area contributed by atoms with E-state index in [9.17, 15) is 26.4 Å². The van der Waals surface area contributed by atoms with Gasteiger partial charge < -0.3 is 4.57 Å². The SMILES string of the molecule is C#CCCc1nc2ccccc2n1Cc1ccc(-c2ccccc2C(=O)NS(=O)(=O)C(F)(F)F)cc1. The first kappa shape index (κ1) is 25.0. The lowest BCUT2D eigenvalue weighted by molar-refractivity contribution is -0.0446. The lowest BCUT2D eigenvalue weighted by Crippen LogP contribution is -2.40. The topological polar surface area (TPSA) is 81.1 Å². The lowest BCUT2D eigenvalue weighted by Gasteiger charge is -2.13. The number of hydrogen-bond acceptors (Lipinski definition) is 4. The molecule has 4 aromatic rings. The number of fused-ring (bicyclic) bond motifs is 1. The predicted molar refractivity (Wildman–Crippen MR) is 130 cm³/mol. The number of sulfonamides is 1. The van der Waals surface area contributed by atoms with E-state index in [2.05, 4.69) is 15.5 Å². The summed E-state index contributed by atoms with van der Waals surface area (Å²) in [6.07, 6.45) is 6.59. The van der Waals surface area contributed by atoms with E-state index in [1.165, 1.54) is 18.2 Å². The number of nitrogens with one attached hydrogen (secondary N) is 1. The Bertz CT molecular complexity index is 1570. The third-order valence-corrected chi connectivity index (χ3v) is 6.60. The maximum Gasteiger partial charge on any atom is 0.516 e. The van der Waals surface area contributed by atoms with E-state index < -0.39 is 21.4 Å². The highest BCUT2D eigenvalue weighted by atomic mass is 32.2. The average molecular weight is 512 g/mol. The number of aromatic nitrogens is 2. The van der Waals surface area contributed by atoms with Crippen molar-refractivity contribution >= 4 is 27.0 Å². The van der Waals surface area contributed by atoms with Crippen LogP contribution in [0.1, 0.15) is 28.2 Å². The molecule has 10 heteroatoms. The number of hydrogen-bond donors (Lipinski definition) is 1. The monoisotopic (exact) mass is 511 g/mol. The Labute approximate surface area is 205 Å². The molecule has 1 heterocycles. The highest BCUT2D eigenvalue weighted by Gasteiger charge is 2.47. The van der Waals surface area contributed by atoms with E-state index in [4.69, 9.17) is 6.42 Å². The van der Waals surface area contributed by atoms with Gasteiger partial charge in [-0.25, -0.2) is 9.71 Å². The molecule has 0 aliphatic carbocycles. The van der Waals surface area contributed by atoms with Crippen LogP contribution in [-0.4, -0.2) is 29.4 Å². The van der Waals surface area contributed by atoms with Crippen LogP contribution in [0.2, 0.25) is 0 Å². The number of imidazole rings is 1. The number of amides is 1. The highest BCUT2D eigenvalue weighted by Crippen LogP contribution is 2.27. The number of para-hydroxylation sites is 2. The Morgan fingerprint density at radius 3 is 2.36 bits per heavy atom. The molecule has 0 aliphatic heterocycles. The molecule has 0 bridgehead atoms. The largest absolute Gasteiger partial charge is 0.516 e. The van der Waals surface area contributed by atoms with Gasteiger partial charge in [-0.05, 0) is 34.9 Å². The molecule has 0 unspecified atom stereocenters. The summed E-state index contributed by atoms with van der Waals surface area (Å²) in [7, 11) is -5.83. The molecule has 184 valence electrons. The Kier molecular flexibility index (Phi) is 6.86. The van der Waals surface area contributed by atoms with Gasteiger partial charge in [-0.15, -0.1) is 12.3 Å². The summed E-state index contributed by atoms with van der Waals surface area (Å²) in [6, 6.07) is 20.7. The lowest BCUT2D eigenvalue weighted by atomic mass is 9.98. The Balaban J connectivity index is 1.62. The van der Waals surface area contributed by atoms with Gasteiger partial charge >= 0.3 is 15.5 Å². The van der Waals surface area contributed by atoms with Crippen LogP contribution in [0.3, 0.4) is 0 Å². The van der Waals surface area contributed by atoms with E-state index >= 15 is 0 Å². The van der Waals surface area contributed by atoms with E-state index in [-0.39, 0.29) is 5.56 Å². The number of aryl methyl sites for hydroxylation is 1. The van der Waals surface area contributed by atoms with Crippen molar-refractivity contribution in [3.05, 3.63) is 89.7 Å². The quantitative estimate of drug-likeness (QED) is 0.358. The molecule has 1 amide bonds. The Hall–Kier alpha value is -4.10. The zero-order chi connectivity index (χ0) is 25.9. The molecular formula is C26H20F3N3O3S. The molecule has 0 spiro atoms. The van der Waals surface area contributed by atoms with E-state index in [1.54, 1.807) is 18.2 Å². The van der Waals surface area contributed by atoms with Crippen molar-refractivity contribution in [3.8, 4) is 23.5 Å². The molecular weight excluding hydrogens is 491 g/mol. The van der Waals surface area contributed by atoms with Crippen LogP contribution in [-0.2, 0) is 23.0 Å². The number of nitrogens with zero attached hydrogens (tertiary/aromatic N) is 2. The first-order valence-electron chi connectivity index (χ1n) is 10.8. The number of alkyl halides is 3. The standard InChI is InChI=1S/C26H20F3N3O3S/c1-2-3-12-24-30-22-10-6-7-11-23(22)32(24)17-18-13-15-19(16-14-18)20-8-4-5-9-21(20)25(33)31-36(34,35)26(27,28)29/h1,4-11,13-16H,3,12,17H2,(H,31,33). The summed E-state index contributed by atoms with van der Waals surface area (Å²) in [5.74, 6) is 2.12. The summed E-state index contributed by atoms with van der Waals surface area (Å²) in [4.78, 5) is 17.1. The van der Waals surface area contributed by atoms with Gasteiger partial charge in [-0.1, -0.05) is 54.6 Å². The fourth-order valence-electron chi connectivity index (χ4n) is 3.82. The molecule has 0 aliphatic rings. The van der Waals surface area contributed by atoms with Crippen LogP contribution >= 0.6 is 0 Å². The molecule has 0 saturated carbocycles. The van der Waals surface area contributed by atoms with Crippen molar-refractivity contribution in [3.63, 3.8) is 0 Å². The summed E-state index contributed by atoms with van der Waals surface area (Å²) < 4.78 is 64.1. The fourth-order valence-corrected chi connectivity index (χ4v) is 4.29. The van der Waals surface area contributed by atoms with Gasteiger partial charge in [0.25, 0.3) is 5.91 Å². The fraction of sp³-hybridized carbons (Fsp3) is 0.154. The summed E-state index contributed by atoms with van der Waals surface area (Å²) >= 11 is 0. The predicted octanol–water partition coefficient (Wildman–Crippen LogP) is 4.90. The van der Waals surface area contributed by atoms with E-state index in [0.29, 0.717) is 30.5 Å². The van der Waals surface area contributed by atoms with Gasteiger partial charge in [0.05, 0.1) is 11.0 Å². The zero-order valence-corrected chi connectivity index (χ0v) is 19.6. The zero-order valence-electron chi connectivity index (χ0n) is 18.8. The Morgan fingerprint density at radius 1 is 1.00 bits per heavy atom. The van der Waals surface area contributed by atoms with Gasteiger partial charge in [0.2, 0.25) is 0 Å². The smallest absolute Gasteiger partial charge is 0.323 e. The molecule has 1 N–H and O–H groups in total. The number of carbonyl (C=O) groups is 1. The third-order valence-electron chi connectivity index (χ3n) is 5.54. The molecule has 0 saturated heterocycles. The number of carbonyl (C=O) groups excluding carboxylic acids is 1. The van der Waals surface area contributed by atoms with Gasteiger partial charge in [0, 0.05) is 24.9 Å². The molecule has 1 aromatic heterocycles. The number of rotatable bonds is 7. The number of benzene rings is 3. The third kappa shape index (κ3) is 5.11. The molecule has 3 aromatic carbocycles.